The van der Waals surface area contributed by atoms with E-state index in [0.717, 1.165) is 25.7 Å². The zero-order valence-electron chi connectivity index (χ0n) is 10.8. The normalized spacial score (nSPS) is 23.8. The zero-order chi connectivity index (χ0) is 14.8. The Morgan fingerprint density at radius 2 is 2.00 bits per heavy atom. The molecule has 0 spiro atoms. The fourth-order valence-electron chi connectivity index (χ4n) is 2.34. The Labute approximate surface area is 138 Å². The first-order valence-electron chi connectivity index (χ1n) is 6.49. The number of hydrogen-bond donors (Lipinski definition) is 1. The van der Waals surface area contributed by atoms with Gasteiger partial charge in [0.05, 0.1) is 9.92 Å². The number of sulfonamides is 1. The highest BCUT2D eigenvalue weighted by molar-refractivity contribution is 9.10. The first-order valence-corrected chi connectivity index (χ1v) is 9.58. The fraction of sp³-hybridized carbons (Fsp3) is 0.538. The SMILES string of the molecule is O=S(=O)(NCC1CCCCC1Cl)c1ccc(Cl)c(Br)c1. The first kappa shape index (κ1) is 16.6. The van der Waals surface area contributed by atoms with Crippen LogP contribution in [0.3, 0.4) is 0 Å². The summed E-state index contributed by atoms with van der Waals surface area (Å²) in [6.07, 6.45) is 4.17. The van der Waals surface area contributed by atoms with Crippen LogP contribution in [0, 0.1) is 5.92 Å². The Kier molecular flexibility index (Phi) is 5.77. The molecule has 20 heavy (non-hydrogen) atoms. The third-order valence-electron chi connectivity index (χ3n) is 3.55. The van der Waals surface area contributed by atoms with E-state index in [1.54, 1.807) is 6.07 Å². The molecule has 112 valence electrons. The molecular formula is C13H16BrCl2NO2S. The maximum atomic E-state index is 12.2. The molecule has 3 nitrogen and oxygen atoms in total. The van der Waals surface area contributed by atoms with Crippen molar-refractivity contribution in [3.8, 4) is 0 Å². The second-order valence-corrected chi connectivity index (χ2v) is 8.58. The maximum Gasteiger partial charge on any atom is 0.240 e. The summed E-state index contributed by atoms with van der Waals surface area (Å²) in [5.74, 6) is 0.205. The number of rotatable bonds is 4. The molecule has 0 radical (unpaired) electrons. The van der Waals surface area contributed by atoms with Gasteiger partial charge in [-0.05, 0) is 52.9 Å². The van der Waals surface area contributed by atoms with Gasteiger partial charge in [-0.25, -0.2) is 13.1 Å². The summed E-state index contributed by atoms with van der Waals surface area (Å²) in [5.41, 5.74) is 0. The predicted octanol–water partition coefficient (Wildman–Crippen LogP) is 4.18. The summed E-state index contributed by atoms with van der Waals surface area (Å²) in [7, 11) is -3.52. The monoisotopic (exact) mass is 399 g/mol. The molecule has 2 unspecified atom stereocenters. The molecule has 0 bridgehead atoms. The van der Waals surface area contributed by atoms with Gasteiger partial charge in [0.15, 0.2) is 0 Å². The summed E-state index contributed by atoms with van der Waals surface area (Å²) in [5, 5.41) is 0.542. The average molecular weight is 401 g/mol. The number of nitrogens with one attached hydrogen (secondary N) is 1. The van der Waals surface area contributed by atoms with Gasteiger partial charge >= 0.3 is 0 Å². The van der Waals surface area contributed by atoms with Crippen LogP contribution in [-0.4, -0.2) is 20.3 Å². The van der Waals surface area contributed by atoms with E-state index in [9.17, 15) is 8.42 Å². The zero-order valence-corrected chi connectivity index (χ0v) is 14.7. The van der Waals surface area contributed by atoms with Gasteiger partial charge in [-0.3, -0.25) is 0 Å². The standard InChI is InChI=1S/C13H16BrCl2NO2S/c14-11-7-10(5-6-13(11)16)20(18,19)17-8-9-3-1-2-4-12(9)15/h5-7,9,12,17H,1-4,8H2. The molecule has 2 atom stereocenters. The summed E-state index contributed by atoms with van der Waals surface area (Å²) in [6, 6.07) is 4.56. The summed E-state index contributed by atoms with van der Waals surface area (Å²) < 4.78 is 27.7. The van der Waals surface area contributed by atoms with E-state index in [2.05, 4.69) is 20.7 Å². The fourth-order valence-corrected chi connectivity index (χ4v) is 4.47. The van der Waals surface area contributed by atoms with E-state index in [0.29, 0.717) is 16.0 Å². The molecule has 1 aromatic carbocycles. The van der Waals surface area contributed by atoms with Crippen molar-refractivity contribution in [2.24, 2.45) is 5.92 Å². The number of halogens is 3. The first-order chi connectivity index (χ1) is 9.40. The second kappa shape index (κ2) is 6.97. The van der Waals surface area contributed by atoms with Crippen LogP contribution < -0.4 is 4.72 Å². The molecule has 7 heteroatoms. The molecule has 1 fully saturated rings. The highest BCUT2D eigenvalue weighted by atomic mass is 79.9. The van der Waals surface area contributed by atoms with E-state index in [1.807, 2.05) is 0 Å². The number of benzene rings is 1. The maximum absolute atomic E-state index is 12.2. The molecular weight excluding hydrogens is 385 g/mol. The lowest BCUT2D eigenvalue weighted by atomic mass is 9.89. The third kappa shape index (κ3) is 4.10. The lowest BCUT2D eigenvalue weighted by Crippen LogP contribution is -2.34. The van der Waals surface area contributed by atoms with E-state index in [-0.39, 0.29) is 16.2 Å². The smallest absolute Gasteiger partial charge is 0.211 e. The van der Waals surface area contributed by atoms with E-state index < -0.39 is 10.0 Å². The molecule has 1 N–H and O–H groups in total. The van der Waals surface area contributed by atoms with E-state index in [1.165, 1.54) is 12.1 Å². The van der Waals surface area contributed by atoms with Gasteiger partial charge in [0.1, 0.15) is 0 Å². The number of alkyl halides is 1. The van der Waals surface area contributed by atoms with Crippen LogP contribution >= 0.6 is 39.1 Å². The molecule has 2 rings (SSSR count). The largest absolute Gasteiger partial charge is 0.240 e. The Hall–Kier alpha value is 0.190. The second-order valence-electron chi connectivity index (χ2n) is 4.99. The molecule has 1 aliphatic carbocycles. The molecule has 0 aliphatic heterocycles. The highest BCUT2D eigenvalue weighted by Crippen LogP contribution is 2.29. The molecule has 0 heterocycles. The highest BCUT2D eigenvalue weighted by Gasteiger charge is 2.25. The van der Waals surface area contributed by atoms with Crippen LogP contribution in [0.25, 0.3) is 0 Å². The summed E-state index contributed by atoms with van der Waals surface area (Å²) in [4.78, 5) is 0.204. The average Bonchev–Trinajstić information content (AvgIpc) is 2.41. The molecule has 1 aromatic rings. The van der Waals surface area contributed by atoms with Gasteiger partial charge in [0.25, 0.3) is 0 Å². The van der Waals surface area contributed by atoms with Crippen LogP contribution in [0.1, 0.15) is 25.7 Å². The summed E-state index contributed by atoms with van der Waals surface area (Å²) in [6.45, 7) is 0.386. The van der Waals surface area contributed by atoms with Crippen molar-refractivity contribution in [2.75, 3.05) is 6.54 Å². The van der Waals surface area contributed by atoms with Crippen LogP contribution in [0.5, 0.6) is 0 Å². The molecule has 1 aliphatic rings. The Morgan fingerprint density at radius 1 is 1.30 bits per heavy atom. The van der Waals surface area contributed by atoms with Crippen LogP contribution in [-0.2, 0) is 10.0 Å². The van der Waals surface area contributed by atoms with E-state index in [4.69, 9.17) is 23.2 Å². The van der Waals surface area contributed by atoms with Crippen molar-refractivity contribution in [1.82, 2.24) is 4.72 Å². The number of hydrogen-bond acceptors (Lipinski definition) is 2. The van der Waals surface area contributed by atoms with Gasteiger partial charge in [-0.1, -0.05) is 24.4 Å². The third-order valence-corrected chi connectivity index (χ3v) is 6.76. The lowest BCUT2D eigenvalue weighted by Gasteiger charge is -2.27. The van der Waals surface area contributed by atoms with Crippen LogP contribution in [0.4, 0.5) is 0 Å². The van der Waals surface area contributed by atoms with Crippen molar-refractivity contribution < 1.29 is 8.42 Å². The summed E-state index contributed by atoms with van der Waals surface area (Å²) >= 11 is 15.3. The van der Waals surface area contributed by atoms with Crippen molar-refractivity contribution in [2.45, 2.75) is 36.0 Å². The van der Waals surface area contributed by atoms with Crippen molar-refractivity contribution in [3.05, 3.63) is 27.7 Å². The predicted molar refractivity (Wildman–Crippen MR) is 85.9 cm³/mol. The molecule has 0 saturated heterocycles. The van der Waals surface area contributed by atoms with Crippen molar-refractivity contribution in [3.63, 3.8) is 0 Å². The Bertz CT molecular complexity index is 580. The van der Waals surface area contributed by atoms with Gasteiger partial charge in [-0.15, -0.1) is 11.6 Å². The van der Waals surface area contributed by atoms with Crippen LogP contribution in [0.15, 0.2) is 27.6 Å². The quantitative estimate of drug-likeness (QED) is 0.770. The minimum atomic E-state index is -3.52. The van der Waals surface area contributed by atoms with E-state index >= 15 is 0 Å². The minimum Gasteiger partial charge on any atom is -0.211 e. The minimum absolute atomic E-state index is 0.0587. The molecule has 0 aromatic heterocycles. The molecule has 0 amide bonds. The topological polar surface area (TPSA) is 46.2 Å². The van der Waals surface area contributed by atoms with Gasteiger partial charge in [-0.2, -0.15) is 0 Å². The Morgan fingerprint density at radius 3 is 2.65 bits per heavy atom. The van der Waals surface area contributed by atoms with Gasteiger partial charge in [0.2, 0.25) is 10.0 Å². The van der Waals surface area contributed by atoms with Crippen molar-refractivity contribution >= 4 is 49.2 Å². The van der Waals surface area contributed by atoms with Gasteiger partial charge < -0.3 is 0 Å². The lowest BCUT2D eigenvalue weighted by molar-refractivity contribution is 0.364. The van der Waals surface area contributed by atoms with Crippen LogP contribution in [0.2, 0.25) is 5.02 Å². The molecule has 1 saturated carbocycles. The van der Waals surface area contributed by atoms with Gasteiger partial charge in [0, 0.05) is 16.4 Å². The van der Waals surface area contributed by atoms with Crippen molar-refractivity contribution in [1.29, 1.82) is 0 Å². The Balaban J connectivity index is 2.05.